The van der Waals surface area contributed by atoms with Crippen LogP contribution in [0.1, 0.15) is 43.2 Å². The van der Waals surface area contributed by atoms with Crippen LogP contribution in [0.25, 0.3) is 11.1 Å². The Bertz CT molecular complexity index is 694. The average Bonchev–Trinajstić information content (AvgIpc) is 2.94. The lowest BCUT2D eigenvalue weighted by atomic mass is 9.98. The second-order valence-corrected chi connectivity index (χ2v) is 5.89. The SMILES string of the molecule is CCCC/C=N/NC(=O)OCC1c2ccccc2-c2ccccc21. The summed E-state index contributed by atoms with van der Waals surface area (Å²) in [6.45, 7) is 2.43. The zero-order valence-electron chi connectivity index (χ0n) is 13.9. The first-order valence-electron chi connectivity index (χ1n) is 8.43. The molecule has 0 unspecified atom stereocenters. The summed E-state index contributed by atoms with van der Waals surface area (Å²) >= 11 is 0. The number of amides is 1. The van der Waals surface area contributed by atoms with E-state index in [4.69, 9.17) is 4.74 Å². The molecule has 4 nitrogen and oxygen atoms in total. The van der Waals surface area contributed by atoms with Crippen LogP contribution in [0.2, 0.25) is 0 Å². The number of carbonyl (C=O) groups is 1. The van der Waals surface area contributed by atoms with Crippen LogP contribution in [-0.2, 0) is 4.74 Å². The van der Waals surface area contributed by atoms with E-state index in [2.05, 4.69) is 41.7 Å². The van der Waals surface area contributed by atoms with E-state index in [1.807, 2.05) is 24.3 Å². The topological polar surface area (TPSA) is 50.7 Å². The van der Waals surface area contributed by atoms with Gasteiger partial charge in [-0.2, -0.15) is 5.10 Å². The van der Waals surface area contributed by atoms with Crippen LogP contribution >= 0.6 is 0 Å². The number of hydrazone groups is 1. The Hall–Kier alpha value is -2.62. The van der Waals surface area contributed by atoms with Crippen LogP contribution in [0, 0.1) is 0 Å². The van der Waals surface area contributed by atoms with Gasteiger partial charge in [0.25, 0.3) is 0 Å². The number of benzene rings is 2. The van der Waals surface area contributed by atoms with Crippen molar-refractivity contribution in [1.82, 2.24) is 5.43 Å². The molecular formula is C20H22N2O2. The second-order valence-electron chi connectivity index (χ2n) is 5.89. The highest BCUT2D eigenvalue weighted by molar-refractivity contribution is 5.79. The van der Waals surface area contributed by atoms with Crippen LogP contribution in [-0.4, -0.2) is 18.9 Å². The Morgan fingerprint density at radius 3 is 2.38 bits per heavy atom. The molecule has 0 fully saturated rings. The predicted molar refractivity (Wildman–Crippen MR) is 96.2 cm³/mol. The fraction of sp³-hybridized carbons (Fsp3) is 0.300. The molecule has 0 heterocycles. The molecule has 0 bridgehead atoms. The Labute approximate surface area is 142 Å². The van der Waals surface area contributed by atoms with Crippen LogP contribution in [0.4, 0.5) is 4.79 Å². The predicted octanol–water partition coefficient (Wildman–Crippen LogP) is 4.70. The quantitative estimate of drug-likeness (QED) is 0.476. The number of fused-ring (bicyclic) bond motifs is 3. The van der Waals surface area contributed by atoms with Crippen LogP contribution in [0.5, 0.6) is 0 Å². The molecule has 1 aliphatic rings. The molecule has 124 valence electrons. The maximum absolute atomic E-state index is 11.8. The zero-order chi connectivity index (χ0) is 16.8. The molecule has 0 saturated carbocycles. The third-order valence-electron chi connectivity index (χ3n) is 4.28. The van der Waals surface area contributed by atoms with Crippen molar-refractivity contribution in [3.05, 3.63) is 59.7 Å². The summed E-state index contributed by atoms with van der Waals surface area (Å²) in [6.07, 6.45) is 4.24. The standard InChI is InChI=1S/C20H22N2O2/c1-2-3-8-13-21-22-20(23)24-14-19-17-11-6-4-9-15(17)16-10-5-7-12-18(16)19/h4-7,9-13,19H,2-3,8,14H2,1H3,(H,22,23)/b21-13+. The number of nitrogens with one attached hydrogen (secondary N) is 1. The minimum absolute atomic E-state index is 0.0761. The van der Waals surface area contributed by atoms with Gasteiger partial charge >= 0.3 is 6.09 Å². The molecule has 2 aromatic carbocycles. The number of ether oxygens (including phenoxy) is 1. The van der Waals surface area contributed by atoms with E-state index in [1.165, 1.54) is 22.3 Å². The maximum Gasteiger partial charge on any atom is 0.427 e. The van der Waals surface area contributed by atoms with Gasteiger partial charge in [-0.25, -0.2) is 10.2 Å². The molecule has 24 heavy (non-hydrogen) atoms. The van der Waals surface area contributed by atoms with Crippen molar-refractivity contribution in [3.8, 4) is 11.1 Å². The van der Waals surface area contributed by atoms with Crippen molar-refractivity contribution >= 4 is 12.3 Å². The largest absolute Gasteiger partial charge is 0.447 e. The maximum atomic E-state index is 11.8. The molecule has 0 aromatic heterocycles. The number of hydrogen-bond donors (Lipinski definition) is 1. The summed E-state index contributed by atoms with van der Waals surface area (Å²) in [6, 6.07) is 16.6. The van der Waals surface area contributed by atoms with Crippen molar-refractivity contribution < 1.29 is 9.53 Å². The third kappa shape index (κ3) is 3.48. The van der Waals surface area contributed by atoms with Gasteiger partial charge in [0.15, 0.2) is 0 Å². The molecule has 1 aliphatic carbocycles. The van der Waals surface area contributed by atoms with E-state index in [0.29, 0.717) is 6.61 Å². The number of unbranched alkanes of at least 4 members (excludes halogenated alkanes) is 2. The highest BCUT2D eigenvalue weighted by Crippen LogP contribution is 2.44. The fourth-order valence-electron chi connectivity index (χ4n) is 3.09. The third-order valence-corrected chi connectivity index (χ3v) is 4.28. The summed E-state index contributed by atoms with van der Waals surface area (Å²) in [5.74, 6) is 0.0761. The number of hydrogen-bond acceptors (Lipinski definition) is 3. The number of rotatable bonds is 6. The van der Waals surface area contributed by atoms with Crippen molar-refractivity contribution in [1.29, 1.82) is 0 Å². The van der Waals surface area contributed by atoms with E-state index < -0.39 is 6.09 Å². The van der Waals surface area contributed by atoms with Crippen molar-refractivity contribution in [2.75, 3.05) is 6.61 Å². The Morgan fingerprint density at radius 1 is 1.12 bits per heavy atom. The van der Waals surface area contributed by atoms with Gasteiger partial charge in [-0.05, 0) is 35.1 Å². The smallest absolute Gasteiger partial charge is 0.427 e. The molecule has 0 aliphatic heterocycles. The van der Waals surface area contributed by atoms with Crippen LogP contribution in [0.15, 0.2) is 53.6 Å². The van der Waals surface area contributed by atoms with Gasteiger partial charge in [-0.15, -0.1) is 0 Å². The Morgan fingerprint density at radius 2 is 1.75 bits per heavy atom. The Balaban J connectivity index is 1.63. The van der Waals surface area contributed by atoms with E-state index in [1.54, 1.807) is 6.21 Å². The van der Waals surface area contributed by atoms with Gasteiger partial charge in [0.2, 0.25) is 0 Å². The first-order chi connectivity index (χ1) is 11.8. The highest BCUT2D eigenvalue weighted by Gasteiger charge is 2.28. The molecule has 4 heteroatoms. The first kappa shape index (κ1) is 16.2. The molecule has 0 atom stereocenters. The summed E-state index contributed by atoms with van der Waals surface area (Å²) in [5, 5.41) is 3.89. The molecule has 0 saturated heterocycles. The lowest BCUT2D eigenvalue weighted by Gasteiger charge is -2.13. The van der Waals surface area contributed by atoms with Crippen molar-refractivity contribution in [2.24, 2.45) is 5.10 Å². The van der Waals surface area contributed by atoms with Crippen molar-refractivity contribution in [3.63, 3.8) is 0 Å². The summed E-state index contributed by atoms with van der Waals surface area (Å²) in [7, 11) is 0. The monoisotopic (exact) mass is 322 g/mol. The lowest BCUT2D eigenvalue weighted by molar-refractivity contribution is 0.143. The minimum Gasteiger partial charge on any atom is -0.447 e. The van der Waals surface area contributed by atoms with Gasteiger partial charge in [0.1, 0.15) is 6.61 Å². The second kappa shape index (κ2) is 7.77. The van der Waals surface area contributed by atoms with Gasteiger partial charge in [-0.1, -0.05) is 61.9 Å². The fourth-order valence-corrected chi connectivity index (χ4v) is 3.09. The normalized spacial score (nSPS) is 12.9. The van der Waals surface area contributed by atoms with Crippen molar-refractivity contribution in [2.45, 2.75) is 32.1 Å². The minimum atomic E-state index is -0.510. The molecule has 1 N–H and O–H groups in total. The Kier molecular flexibility index (Phi) is 5.26. The van der Waals surface area contributed by atoms with Crippen LogP contribution < -0.4 is 5.43 Å². The zero-order valence-corrected chi connectivity index (χ0v) is 13.9. The average molecular weight is 322 g/mol. The van der Waals surface area contributed by atoms with Gasteiger partial charge in [0.05, 0.1) is 0 Å². The number of carbonyl (C=O) groups excluding carboxylic acids is 1. The summed E-state index contributed by atoms with van der Waals surface area (Å²) < 4.78 is 5.38. The summed E-state index contributed by atoms with van der Waals surface area (Å²) in [5.41, 5.74) is 7.28. The highest BCUT2D eigenvalue weighted by atomic mass is 16.6. The molecule has 3 rings (SSSR count). The van der Waals surface area contributed by atoms with Gasteiger partial charge < -0.3 is 4.74 Å². The molecule has 0 spiro atoms. The molecule has 0 radical (unpaired) electrons. The van der Waals surface area contributed by atoms with Gasteiger partial charge in [0, 0.05) is 12.1 Å². The summed E-state index contributed by atoms with van der Waals surface area (Å²) in [4.78, 5) is 11.8. The van der Waals surface area contributed by atoms with E-state index >= 15 is 0 Å². The van der Waals surface area contributed by atoms with E-state index in [9.17, 15) is 4.79 Å². The molecule has 2 aromatic rings. The van der Waals surface area contributed by atoms with Gasteiger partial charge in [-0.3, -0.25) is 0 Å². The molecular weight excluding hydrogens is 300 g/mol. The lowest BCUT2D eigenvalue weighted by Crippen LogP contribution is -2.21. The number of nitrogens with zero attached hydrogens (tertiary/aromatic N) is 1. The van der Waals surface area contributed by atoms with E-state index in [0.717, 1.165) is 19.3 Å². The van der Waals surface area contributed by atoms with E-state index in [-0.39, 0.29) is 5.92 Å². The first-order valence-corrected chi connectivity index (χ1v) is 8.43. The molecule has 1 amide bonds. The van der Waals surface area contributed by atoms with Crippen LogP contribution in [0.3, 0.4) is 0 Å².